The smallest absolute Gasteiger partial charge is 0.0359 e. The van der Waals surface area contributed by atoms with E-state index in [4.69, 9.17) is 0 Å². The fourth-order valence-electron chi connectivity index (χ4n) is 5.78. The normalized spacial score (nSPS) is 12.4. The second-order valence-corrected chi connectivity index (χ2v) is 28.3. The first-order chi connectivity index (χ1) is 31.6. The van der Waals surface area contributed by atoms with Crippen molar-refractivity contribution in [2.75, 3.05) is 0 Å². The molecule has 0 heterocycles. The molecule has 70 heavy (non-hydrogen) atoms. The van der Waals surface area contributed by atoms with Gasteiger partial charge < -0.3 is 0 Å². The second kappa shape index (κ2) is 63.3. The lowest BCUT2D eigenvalue weighted by Crippen LogP contribution is -2.12. The predicted octanol–water partition coefficient (Wildman–Crippen LogP) is 27.9. The summed E-state index contributed by atoms with van der Waals surface area (Å²) < 4.78 is 0. The summed E-state index contributed by atoms with van der Waals surface area (Å²) in [5.41, 5.74) is 2.18. The molecule has 0 bridgehead atoms. The number of unbranched alkanes of at least 4 members (excludes halogenated alkanes) is 2. The maximum atomic E-state index is 2.31. The Balaban J connectivity index is -0.0000000714. The molecule has 440 valence electrons. The van der Waals surface area contributed by atoms with Gasteiger partial charge in [-0.25, -0.2) is 0 Å². The summed E-state index contributed by atoms with van der Waals surface area (Å²) in [6, 6.07) is 0. The molecule has 0 radical (unpaired) electrons. The highest BCUT2D eigenvalue weighted by atomic mass is 14.2. The molecule has 0 heteroatoms. The van der Waals surface area contributed by atoms with Crippen molar-refractivity contribution in [1.29, 1.82) is 0 Å². The van der Waals surface area contributed by atoms with Gasteiger partial charge >= 0.3 is 0 Å². The van der Waals surface area contributed by atoms with Crippen molar-refractivity contribution in [2.45, 2.75) is 385 Å². The van der Waals surface area contributed by atoms with Crippen molar-refractivity contribution < 1.29 is 0 Å². The van der Waals surface area contributed by atoms with E-state index in [0.29, 0.717) is 21.7 Å². The van der Waals surface area contributed by atoms with Crippen molar-refractivity contribution in [1.82, 2.24) is 0 Å². The Bertz CT molecular complexity index is 773. The van der Waals surface area contributed by atoms with Crippen LogP contribution in [0.4, 0.5) is 0 Å². The van der Waals surface area contributed by atoms with E-state index in [0.717, 1.165) is 53.3 Å². The molecule has 0 aliphatic carbocycles. The van der Waals surface area contributed by atoms with E-state index in [-0.39, 0.29) is 0 Å². The van der Waals surface area contributed by atoms with Gasteiger partial charge in [0, 0.05) is 0 Å². The Labute approximate surface area is 457 Å². The van der Waals surface area contributed by atoms with Crippen LogP contribution in [0.15, 0.2) is 0 Å². The molecule has 0 aromatic rings. The summed E-state index contributed by atoms with van der Waals surface area (Å²) in [4.78, 5) is 0. The maximum Gasteiger partial charge on any atom is -0.0359 e. The average Bonchev–Trinajstić information content (AvgIpc) is 3.22. The van der Waals surface area contributed by atoms with Crippen molar-refractivity contribution >= 4 is 0 Å². The minimum absolute atomic E-state index is 0.500. The topological polar surface area (TPSA) is 0 Å². The Morgan fingerprint density at radius 2 is 0.586 bits per heavy atom. The van der Waals surface area contributed by atoms with E-state index >= 15 is 0 Å². The summed E-state index contributed by atoms with van der Waals surface area (Å²) in [6.45, 7) is 83.8. The standard InChI is InChI=1S/10C7H16/c1-6(2)7(3,4)5;1-6(2)5-7(3)4;2*1-5-6-7(2,3)4;1-5-7(3,4)6-2;1-5-7(4)6(2)3;2*1-4-5-6-7(2)3;2*1-4-6-7(3)5-2/h6H,1-5H3;6-7H,5H2,1-4H3;3*5-6H2,1-4H3;6-7H,5H2,1-4H3;4*7H,4-6H2,1-3H3/t;;;;;7-;;;7-;/m.....0..1./s1. The Morgan fingerprint density at radius 3 is 0.614 bits per heavy atom. The summed E-state index contributed by atoms with van der Waals surface area (Å²) in [5.74, 6) is 8.02. The summed E-state index contributed by atoms with van der Waals surface area (Å²) in [7, 11) is 0. The van der Waals surface area contributed by atoms with E-state index in [1.165, 1.54) is 128 Å². The molecule has 0 amide bonds. The quantitative estimate of drug-likeness (QED) is 0.114. The third-order valence-electron chi connectivity index (χ3n) is 13.6. The molecule has 0 spiro atoms. The molecule has 0 aliphatic heterocycles. The lowest BCUT2D eigenvalue weighted by molar-refractivity contribution is 0.283. The van der Waals surface area contributed by atoms with Gasteiger partial charge in [0.1, 0.15) is 0 Å². The molecule has 1 unspecified atom stereocenters. The van der Waals surface area contributed by atoms with E-state index in [1.807, 2.05) is 0 Å². The fraction of sp³-hybridized carbons (Fsp3) is 1.00. The van der Waals surface area contributed by atoms with Gasteiger partial charge in [-0.1, -0.05) is 365 Å². The van der Waals surface area contributed by atoms with Crippen LogP contribution in [0.5, 0.6) is 0 Å². The van der Waals surface area contributed by atoms with Gasteiger partial charge in [-0.05, 0) is 94.2 Å². The maximum absolute atomic E-state index is 2.31. The van der Waals surface area contributed by atoms with E-state index in [2.05, 4.69) is 256 Å². The first kappa shape index (κ1) is 92.6. The van der Waals surface area contributed by atoms with Crippen LogP contribution in [0.1, 0.15) is 385 Å². The number of hydrogen-bond donors (Lipinski definition) is 0. The van der Waals surface area contributed by atoms with Gasteiger partial charge in [0.05, 0.1) is 0 Å². The predicted molar refractivity (Wildman–Crippen MR) is 343 cm³/mol. The van der Waals surface area contributed by atoms with Crippen LogP contribution in [0.3, 0.4) is 0 Å². The van der Waals surface area contributed by atoms with Crippen LogP contribution in [0, 0.1) is 74.9 Å². The first-order valence-corrected chi connectivity index (χ1v) is 31.6. The highest BCUT2D eigenvalue weighted by Crippen LogP contribution is 2.24. The fourth-order valence-corrected chi connectivity index (χ4v) is 5.78. The van der Waals surface area contributed by atoms with E-state index in [9.17, 15) is 0 Å². The Kier molecular flexibility index (Phi) is 83.7. The van der Waals surface area contributed by atoms with Crippen LogP contribution in [0.2, 0.25) is 0 Å². The SMILES string of the molecule is CC(C)C(C)(C)C.CC(C)CC(C)C.CCC(C)(C)CC.CCCC(C)(C)C.CCCC(C)(C)C.CCCC(C)CC.CCCCC(C)C.CCCCC(C)C.CCC[C@H](C)CC.CC[C@H](C)C(C)C. The molecule has 0 nitrogen and oxygen atoms in total. The lowest BCUT2D eigenvalue weighted by Gasteiger charge is -2.22. The summed E-state index contributed by atoms with van der Waals surface area (Å²) in [5, 5.41) is 0. The monoisotopic (exact) mass is 1000 g/mol. The minimum atomic E-state index is 0.500. The zero-order chi connectivity index (χ0) is 58.3. The number of hydrogen-bond acceptors (Lipinski definition) is 0. The zero-order valence-electron chi connectivity index (χ0n) is 58.3. The molecular weight excluding hydrogens is 841 g/mol. The summed E-state index contributed by atoms with van der Waals surface area (Å²) in [6.07, 6.45) is 27.0. The van der Waals surface area contributed by atoms with Gasteiger partial charge in [-0.3, -0.25) is 0 Å². The van der Waals surface area contributed by atoms with Crippen molar-refractivity contribution in [3.63, 3.8) is 0 Å². The highest BCUT2D eigenvalue weighted by Gasteiger charge is 2.14. The molecule has 0 saturated heterocycles. The molecule has 0 aromatic carbocycles. The van der Waals surface area contributed by atoms with Crippen LogP contribution in [0.25, 0.3) is 0 Å². The van der Waals surface area contributed by atoms with E-state index < -0.39 is 0 Å². The molecule has 0 saturated carbocycles. The van der Waals surface area contributed by atoms with Gasteiger partial charge in [0.2, 0.25) is 0 Å². The third-order valence-corrected chi connectivity index (χ3v) is 13.6. The van der Waals surface area contributed by atoms with E-state index in [1.54, 1.807) is 0 Å². The Morgan fingerprint density at radius 1 is 0.314 bits per heavy atom. The van der Waals surface area contributed by atoms with Gasteiger partial charge in [-0.2, -0.15) is 0 Å². The van der Waals surface area contributed by atoms with Crippen molar-refractivity contribution in [3.8, 4) is 0 Å². The molecular formula is C70H160. The lowest BCUT2D eigenvalue weighted by atomic mass is 9.84. The van der Waals surface area contributed by atoms with Crippen LogP contribution in [-0.4, -0.2) is 0 Å². The van der Waals surface area contributed by atoms with Gasteiger partial charge in [0.25, 0.3) is 0 Å². The molecule has 3 atom stereocenters. The third kappa shape index (κ3) is 132. The van der Waals surface area contributed by atoms with Crippen molar-refractivity contribution in [3.05, 3.63) is 0 Å². The average molecular weight is 1000 g/mol. The molecule has 0 rings (SSSR count). The first-order valence-electron chi connectivity index (χ1n) is 31.6. The van der Waals surface area contributed by atoms with Gasteiger partial charge in [-0.15, -0.1) is 0 Å². The molecule has 0 fully saturated rings. The van der Waals surface area contributed by atoms with Crippen LogP contribution < -0.4 is 0 Å². The van der Waals surface area contributed by atoms with Crippen molar-refractivity contribution in [2.24, 2.45) is 74.9 Å². The van der Waals surface area contributed by atoms with Crippen LogP contribution in [-0.2, 0) is 0 Å². The molecule has 0 aliphatic rings. The summed E-state index contributed by atoms with van der Waals surface area (Å²) >= 11 is 0. The number of rotatable bonds is 20. The minimum Gasteiger partial charge on any atom is -0.0654 e. The molecule has 0 aromatic heterocycles. The van der Waals surface area contributed by atoms with Crippen LogP contribution >= 0.6 is 0 Å². The Hall–Kier alpha value is 0. The molecule has 0 N–H and O–H groups in total. The van der Waals surface area contributed by atoms with Gasteiger partial charge in [0.15, 0.2) is 0 Å². The zero-order valence-corrected chi connectivity index (χ0v) is 58.3. The second-order valence-electron chi connectivity index (χ2n) is 28.3. The largest absolute Gasteiger partial charge is 0.0654 e. The highest BCUT2D eigenvalue weighted by molar-refractivity contribution is 4.64.